The number of nitriles is 1. The molecular weight excluding hydrogens is 464 g/mol. The summed E-state index contributed by atoms with van der Waals surface area (Å²) in [6, 6.07) is 10.5. The molecule has 1 saturated carbocycles. The van der Waals surface area contributed by atoms with Crippen LogP contribution in [0.4, 0.5) is 0 Å². The van der Waals surface area contributed by atoms with Gasteiger partial charge < -0.3 is 16.0 Å². The van der Waals surface area contributed by atoms with Crippen LogP contribution in [-0.4, -0.2) is 46.3 Å². The van der Waals surface area contributed by atoms with Gasteiger partial charge >= 0.3 is 0 Å². The van der Waals surface area contributed by atoms with Crippen LogP contribution in [0.2, 0.25) is 5.02 Å². The van der Waals surface area contributed by atoms with Gasteiger partial charge in [0.15, 0.2) is 5.65 Å². The summed E-state index contributed by atoms with van der Waals surface area (Å²) in [5.74, 6) is 0.225. The zero-order valence-electron chi connectivity index (χ0n) is 20.1. The molecule has 0 atom stereocenters. The van der Waals surface area contributed by atoms with Crippen LogP contribution < -0.4 is 16.0 Å². The Morgan fingerprint density at radius 1 is 1.31 bits per heavy atom. The summed E-state index contributed by atoms with van der Waals surface area (Å²) < 4.78 is 1.66. The highest BCUT2D eigenvalue weighted by atomic mass is 35.5. The Labute approximate surface area is 209 Å². The van der Waals surface area contributed by atoms with Gasteiger partial charge in [-0.2, -0.15) is 10.4 Å². The molecule has 2 heterocycles. The number of aromatic nitrogens is 3. The standard InChI is InChI=1S/C25H29ClN8O/c1-16-20-21(26)19(13-29-22(20)34(3)33-16)23(35)30-14-25(17-7-5-4-6-8-17)11-9-18(10-12-25)32-24(28-2)31-15-27/h4-8,13,18H,9-12,14H2,1-3H3,(H,30,35)(H2,28,31,32)/t18-,25-. The molecule has 1 aromatic carbocycles. The summed E-state index contributed by atoms with van der Waals surface area (Å²) in [6.07, 6.45) is 6.81. The van der Waals surface area contributed by atoms with Crippen LogP contribution in [0.15, 0.2) is 41.5 Å². The lowest BCUT2D eigenvalue weighted by Crippen LogP contribution is -2.49. The van der Waals surface area contributed by atoms with Gasteiger partial charge in [0.2, 0.25) is 12.2 Å². The molecule has 0 radical (unpaired) electrons. The summed E-state index contributed by atoms with van der Waals surface area (Å²) in [6.45, 7) is 2.34. The Morgan fingerprint density at radius 3 is 2.69 bits per heavy atom. The molecule has 1 aliphatic rings. The highest BCUT2D eigenvalue weighted by Gasteiger charge is 2.37. The van der Waals surface area contributed by atoms with Gasteiger partial charge in [0, 0.05) is 38.3 Å². The first-order valence-electron chi connectivity index (χ1n) is 11.6. The van der Waals surface area contributed by atoms with E-state index < -0.39 is 0 Å². The summed E-state index contributed by atoms with van der Waals surface area (Å²) >= 11 is 6.63. The van der Waals surface area contributed by atoms with E-state index in [0.717, 1.165) is 31.4 Å². The molecule has 4 rings (SSSR count). The van der Waals surface area contributed by atoms with E-state index in [1.165, 1.54) is 11.8 Å². The molecule has 35 heavy (non-hydrogen) atoms. The lowest BCUT2D eigenvalue weighted by atomic mass is 9.68. The Kier molecular flexibility index (Phi) is 7.22. The Balaban J connectivity index is 1.53. The van der Waals surface area contributed by atoms with Gasteiger partial charge in [0.1, 0.15) is 0 Å². The average molecular weight is 493 g/mol. The number of amides is 1. The molecule has 0 aliphatic heterocycles. The molecule has 0 bridgehead atoms. The topological polar surface area (TPSA) is 120 Å². The van der Waals surface area contributed by atoms with Crippen LogP contribution in [0.5, 0.6) is 0 Å². The number of aryl methyl sites for hydroxylation is 2. The van der Waals surface area contributed by atoms with Gasteiger partial charge in [-0.25, -0.2) is 4.98 Å². The van der Waals surface area contributed by atoms with Crippen molar-refractivity contribution in [2.45, 2.75) is 44.1 Å². The van der Waals surface area contributed by atoms with Crippen molar-refractivity contribution >= 4 is 34.5 Å². The lowest BCUT2D eigenvalue weighted by Gasteiger charge is -2.41. The number of carbonyl (C=O) groups is 1. The number of halogens is 1. The van der Waals surface area contributed by atoms with Crippen molar-refractivity contribution in [3.63, 3.8) is 0 Å². The van der Waals surface area contributed by atoms with Crippen molar-refractivity contribution in [1.82, 2.24) is 30.7 Å². The van der Waals surface area contributed by atoms with Gasteiger partial charge in [-0.3, -0.25) is 9.48 Å². The van der Waals surface area contributed by atoms with Gasteiger partial charge in [-0.1, -0.05) is 41.9 Å². The molecular formula is C25H29ClN8O. The van der Waals surface area contributed by atoms with Crippen molar-refractivity contribution in [2.75, 3.05) is 13.6 Å². The average Bonchev–Trinajstić information content (AvgIpc) is 3.17. The predicted molar refractivity (Wildman–Crippen MR) is 136 cm³/mol. The number of fused-ring (bicyclic) bond motifs is 1. The minimum atomic E-state index is -0.248. The fourth-order valence-electron chi connectivity index (χ4n) is 4.95. The number of rotatable bonds is 5. The van der Waals surface area contributed by atoms with Crippen molar-refractivity contribution in [1.29, 1.82) is 5.26 Å². The summed E-state index contributed by atoms with van der Waals surface area (Å²) in [7, 11) is 3.54. The van der Waals surface area contributed by atoms with E-state index in [1.54, 1.807) is 18.8 Å². The molecule has 0 saturated heterocycles. The SMILES string of the molecule is CN/C(=N\C#N)N[C@H]1CC[C@](CNC(=O)c2cnc3c(c(C)nn3C)c2Cl)(c2ccccc2)CC1. The quantitative estimate of drug-likeness (QED) is 0.286. The summed E-state index contributed by atoms with van der Waals surface area (Å²) in [5.41, 5.74) is 2.72. The van der Waals surface area contributed by atoms with Crippen molar-refractivity contribution in [3.05, 3.63) is 58.4 Å². The third-order valence-corrected chi connectivity index (χ3v) is 7.26. The largest absolute Gasteiger partial charge is 0.359 e. The molecule has 10 heteroatoms. The normalized spacial score (nSPS) is 20.3. The van der Waals surface area contributed by atoms with E-state index in [1.807, 2.05) is 31.3 Å². The smallest absolute Gasteiger partial charge is 0.254 e. The first kappa shape index (κ1) is 24.5. The minimum absolute atomic E-state index is 0.191. The fraction of sp³-hybridized carbons (Fsp3) is 0.400. The van der Waals surface area contributed by atoms with Crippen LogP contribution in [0.1, 0.15) is 47.3 Å². The Hall–Kier alpha value is -3.64. The maximum absolute atomic E-state index is 13.2. The Bertz CT molecular complexity index is 1290. The molecule has 2 aromatic heterocycles. The number of hydrogen-bond donors (Lipinski definition) is 3. The lowest BCUT2D eigenvalue weighted by molar-refractivity contribution is 0.0935. The molecule has 1 aliphatic carbocycles. The maximum atomic E-state index is 13.2. The number of aliphatic imine (C=N–C) groups is 1. The van der Waals surface area contributed by atoms with Crippen LogP contribution in [0.3, 0.4) is 0 Å². The highest BCUT2D eigenvalue weighted by molar-refractivity contribution is 6.38. The van der Waals surface area contributed by atoms with Gasteiger partial charge in [0.25, 0.3) is 5.91 Å². The van der Waals surface area contributed by atoms with Crippen molar-refractivity contribution in [3.8, 4) is 6.19 Å². The second-order valence-corrected chi connectivity index (χ2v) is 9.33. The molecule has 9 nitrogen and oxygen atoms in total. The molecule has 1 fully saturated rings. The molecule has 1 amide bonds. The van der Waals surface area contributed by atoms with Crippen LogP contribution >= 0.6 is 11.6 Å². The van der Waals surface area contributed by atoms with Gasteiger partial charge in [-0.15, -0.1) is 4.99 Å². The van der Waals surface area contributed by atoms with E-state index in [0.29, 0.717) is 34.1 Å². The van der Waals surface area contributed by atoms with Gasteiger partial charge in [-0.05, 0) is 38.2 Å². The summed E-state index contributed by atoms with van der Waals surface area (Å²) in [4.78, 5) is 21.4. The van der Waals surface area contributed by atoms with E-state index >= 15 is 0 Å². The second-order valence-electron chi connectivity index (χ2n) is 8.95. The first-order chi connectivity index (χ1) is 16.9. The zero-order valence-corrected chi connectivity index (χ0v) is 20.9. The number of nitrogens with one attached hydrogen (secondary N) is 3. The minimum Gasteiger partial charge on any atom is -0.359 e. The fourth-order valence-corrected chi connectivity index (χ4v) is 5.30. The van der Waals surface area contributed by atoms with E-state index in [2.05, 4.69) is 43.2 Å². The maximum Gasteiger partial charge on any atom is 0.254 e. The second kappa shape index (κ2) is 10.3. The van der Waals surface area contributed by atoms with E-state index in [4.69, 9.17) is 16.9 Å². The molecule has 0 spiro atoms. The van der Waals surface area contributed by atoms with E-state index in [-0.39, 0.29) is 17.4 Å². The zero-order chi connectivity index (χ0) is 25.0. The number of guanidine groups is 1. The molecule has 3 N–H and O–H groups in total. The van der Waals surface area contributed by atoms with Crippen molar-refractivity contribution in [2.24, 2.45) is 12.0 Å². The van der Waals surface area contributed by atoms with E-state index in [9.17, 15) is 4.79 Å². The van der Waals surface area contributed by atoms with Crippen LogP contribution in [0.25, 0.3) is 11.0 Å². The third-order valence-electron chi connectivity index (χ3n) is 6.86. The molecule has 3 aromatic rings. The third kappa shape index (κ3) is 4.93. The van der Waals surface area contributed by atoms with Crippen molar-refractivity contribution < 1.29 is 4.79 Å². The number of carbonyl (C=O) groups excluding carboxylic acids is 1. The number of pyridine rings is 1. The van der Waals surface area contributed by atoms with Crippen LogP contribution in [-0.2, 0) is 12.5 Å². The van der Waals surface area contributed by atoms with Crippen LogP contribution in [0, 0.1) is 18.4 Å². The number of hydrogen-bond acceptors (Lipinski definition) is 5. The molecule has 182 valence electrons. The summed E-state index contributed by atoms with van der Waals surface area (Å²) in [5, 5.41) is 23.7. The Morgan fingerprint density at radius 2 is 2.03 bits per heavy atom. The number of benzene rings is 1. The molecule has 0 unspecified atom stereocenters. The monoisotopic (exact) mass is 492 g/mol. The van der Waals surface area contributed by atoms with Gasteiger partial charge in [0.05, 0.1) is 21.7 Å². The predicted octanol–water partition coefficient (Wildman–Crippen LogP) is 3.19. The highest BCUT2D eigenvalue weighted by Crippen LogP contribution is 2.39. The number of nitrogens with zero attached hydrogens (tertiary/aromatic N) is 5. The first-order valence-corrected chi connectivity index (χ1v) is 12.0.